The fourth-order valence-corrected chi connectivity index (χ4v) is 1.56. The van der Waals surface area contributed by atoms with E-state index in [0.29, 0.717) is 11.4 Å². The van der Waals surface area contributed by atoms with Gasteiger partial charge in [-0.3, -0.25) is 4.79 Å². The number of hydrogen-bond donors (Lipinski definition) is 1. The summed E-state index contributed by atoms with van der Waals surface area (Å²) in [4.78, 5) is 21.4. The first kappa shape index (κ1) is 15.6. The zero-order chi connectivity index (χ0) is 15.1. The molecule has 106 valence electrons. The number of aromatic nitrogens is 2. The third-order valence-corrected chi connectivity index (χ3v) is 2.44. The Morgan fingerprint density at radius 1 is 1.10 bits per heavy atom. The van der Waals surface area contributed by atoms with E-state index in [1.165, 1.54) is 4.90 Å². The summed E-state index contributed by atoms with van der Waals surface area (Å²) in [6.07, 6.45) is 0. The van der Waals surface area contributed by atoms with Crippen molar-refractivity contribution in [3.05, 3.63) is 42.1 Å². The molecule has 0 aliphatic rings. The molecule has 2 rings (SSSR count). The van der Waals surface area contributed by atoms with Crippen LogP contribution in [0.3, 0.4) is 0 Å². The number of nitrogens with zero attached hydrogens (tertiary/aromatic N) is 3. The summed E-state index contributed by atoms with van der Waals surface area (Å²) in [6.45, 7) is 4.00. The largest absolute Gasteiger partial charge is 0.368 e. The molecule has 0 saturated carbocycles. The van der Waals surface area contributed by atoms with E-state index in [2.05, 4.69) is 9.97 Å². The van der Waals surface area contributed by atoms with E-state index in [0.717, 1.165) is 5.56 Å². The van der Waals surface area contributed by atoms with Gasteiger partial charge in [0.25, 0.3) is 5.91 Å². The third-order valence-electron chi connectivity index (χ3n) is 2.44. The minimum absolute atomic E-state index is 0.0987. The van der Waals surface area contributed by atoms with Crippen molar-refractivity contribution in [1.82, 2.24) is 14.9 Å². The van der Waals surface area contributed by atoms with Crippen LogP contribution in [-0.2, 0) is 0 Å². The SMILES string of the molecule is CC.CN(C)C(=O)c1cc(-c2ccccc2)nc(N)n1. The second-order valence-corrected chi connectivity index (χ2v) is 4.06. The lowest BCUT2D eigenvalue weighted by atomic mass is 10.1. The highest BCUT2D eigenvalue weighted by Gasteiger charge is 2.13. The van der Waals surface area contributed by atoms with Crippen LogP contribution in [0.25, 0.3) is 11.3 Å². The monoisotopic (exact) mass is 272 g/mol. The number of carbonyl (C=O) groups excluding carboxylic acids is 1. The molecule has 1 aromatic carbocycles. The molecule has 5 nitrogen and oxygen atoms in total. The fraction of sp³-hybridized carbons (Fsp3) is 0.267. The predicted octanol–water partition coefficient (Wildman–Crippen LogP) is 2.45. The number of amides is 1. The van der Waals surface area contributed by atoms with Crippen molar-refractivity contribution in [2.24, 2.45) is 0 Å². The van der Waals surface area contributed by atoms with E-state index in [-0.39, 0.29) is 11.9 Å². The van der Waals surface area contributed by atoms with Crippen LogP contribution in [0.15, 0.2) is 36.4 Å². The molecule has 0 fully saturated rings. The molecule has 0 aliphatic heterocycles. The maximum Gasteiger partial charge on any atom is 0.272 e. The number of nitrogen functional groups attached to an aromatic ring is 1. The molecule has 1 amide bonds. The number of anilines is 1. The lowest BCUT2D eigenvalue weighted by Crippen LogP contribution is -2.23. The third kappa shape index (κ3) is 3.78. The van der Waals surface area contributed by atoms with Crippen LogP contribution in [0.4, 0.5) is 5.95 Å². The second-order valence-electron chi connectivity index (χ2n) is 4.06. The fourth-order valence-electron chi connectivity index (χ4n) is 1.56. The van der Waals surface area contributed by atoms with Gasteiger partial charge in [-0.25, -0.2) is 9.97 Å². The van der Waals surface area contributed by atoms with E-state index in [4.69, 9.17) is 5.73 Å². The summed E-state index contributed by atoms with van der Waals surface area (Å²) in [7, 11) is 3.34. The van der Waals surface area contributed by atoms with Crippen LogP contribution in [0.2, 0.25) is 0 Å². The number of benzene rings is 1. The molecule has 0 atom stereocenters. The maximum absolute atomic E-state index is 11.9. The molecule has 0 spiro atoms. The van der Waals surface area contributed by atoms with Crippen molar-refractivity contribution in [2.45, 2.75) is 13.8 Å². The van der Waals surface area contributed by atoms with Crippen molar-refractivity contribution in [3.63, 3.8) is 0 Å². The first-order valence-corrected chi connectivity index (χ1v) is 6.49. The highest BCUT2D eigenvalue weighted by molar-refractivity contribution is 5.93. The Kier molecular flexibility index (Phi) is 5.65. The van der Waals surface area contributed by atoms with Gasteiger partial charge in [-0.15, -0.1) is 0 Å². The first-order chi connectivity index (χ1) is 9.58. The molecule has 0 saturated heterocycles. The number of nitrogens with two attached hydrogens (primary N) is 1. The molecule has 0 unspecified atom stereocenters. The Hall–Kier alpha value is -2.43. The van der Waals surface area contributed by atoms with Crippen LogP contribution in [-0.4, -0.2) is 34.9 Å². The molecular formula is C15H20N4O. The zero-order valence-electron chi connectivity index (χ0n) is 12.3. The quantitative estimate of drug-likeness (QED) is 0.911. The molecule has 1 aromatic heterocycles. The van der Waals surface area contributed by atoms with Gasteiger partial charge in [0, 0.05) is 19.7 Å². The van der Waals surface area contributed by atoms with Gasteiger partial charge in [0.05, 0.1) is 5.69 Å². The summed E-state index contributed by atoms with van der Waals surface area (Å²) in [5.41, 5.74) is 7.49. The topological polar surface area (TPSA) is 72.1 Å². The lowest BCUT2D eigenvalue weighted by molar-refractivity contribution is 0.0822. The highest BCUT2D eigenvalue weighted by atomic mass is 16.2. The lowest BCUT2D eigenvalue weighted by Gasteiger charge is -2.10. The zero-order valence-corrected chi connectivity index (χ0v) is 12.3. The Morgan fingerprint density at radius 2 is 1.70 bits per heavy atom. The van der Waals surface area contributed by atoms with Crippen LogP contribution in [0.5, 0.6) is 0 Å². The summed E-state index contributed by atoms with van der Waals surface area (Å²) >= 11 is 0. The summed E-state index contributed by atoms with van der Waals surface area (Å²) in [5, 5.41) is 0. The van der Waals surface area contributed by atoms with Crippen molar-refractivity contribution in [2.75, 3.05) is 19.8 Å². The normalized spacial score (nSPS) is 9.40. The summed E-state index contributed by atoms with van der Waals surface area (Å²) in [5.74, 6) is -0.0946. The molecular weight excluding hydrogens is 252 g/mol. The highest BCUT2D eigenvalue weighted by Crippen LogP contribution is 2.18. The molecule has 0 bridgehead atoms. The standard InChI is InChI=1S/C13H14N4O.C2H6/c1-17(2)12(18)11-8-10(15-13(14)16-11)9-6-4-3-5-7-9;1-2/h3-8H,1-2H3,(H2,14,15,16);1-2H3. The smallest absolute Gasteiger partial charge is 0.272 e. The van der Waals surface area contributed by atoms with E-state index >= 15 is 0 Å². The predicted molar refractivity (Wildman–Crippen MR) is 81.2 cm³/mol. The van der Waals surface area contributed by atoms with Crippen molar-refractivity contribution in [3.8, 4) is 11.3 Å². The molecule has 1 heterocycles. The maximum atomic E-state index is 11.9. The van der Waals surface area contributed by atoms with Gasteiger partial charge < -0.3 is 10.6 Å². The van der Waals surface area contributed by atoms with E-state index in [1.807, 2.05) is 44.2 Å². The minimum Gasteiger partial charge on any atom is -0.368 e. The molecule has 0 aliphatic carbocycles. The van der Waals surface area contributed by atoms with Crippen LogP contribution < -0.4 is 5.73 Å². The van der Waals surface area contributed by atoms with Gasteiger partial charge in [-0.1, -0.05) is 44.2 Å². The Balaban J connectivity index is 0.000000956. The average molecular weight is 272 g/mol. The Bertz CT molecular complexity index is 567. The Morgan fingerprint density at radius 3 is 2.25 bits per heavy atom. The minimum atomic E-state index is -0.193. The number of rotatable bonds is 2. The molecule has 20 heavy (non-hydrogen) atoms. The van der Waals surface area contributed by atoms with Crippen molar-refractivity contribution >= 4 is 11.9 Å². The van der Waals surface area contributed by atoms with E-state index in [9.17, 15) is 4.79 Å². The van der Waals surface area contributed by atoms with Gasteiger partial charge >= 0.3 is 0 Å². The van der Waals surface area contributed by atoms with Crippen molar-refractivity contribution in [1.29, 1.82) is 0 Å². The summed E-state index contributed by atoms with van der Waals surface area (Å²) in [6, 6.07) is 11.2. The molecule has 0 radical (unpaired) electrons. The van der Waals surface area contributed by atoms with Gasteiger partial charge in [0.2, 0.25) is 5.95 Å². The first-order valence-electron chi connectivity index (χ1n) is 6.49. The number of hydrogen-bond acceptors (Lipinski definition) is 4. The van der Waals surface area contributed by atoms with Gasteiger partial charge in [0.15, 0.2) is 0 Å². The van der Waals surface area contributed by atoms with Crippen molar-refractivity contribution < 1.29 is 4.79 Å². The van der Waals surface area contributed by atoms with E-state index < -0.39 is 0 Å². The average Bonchev–Trinajstić information content (AvgIpc) is 2.48. The summed E-state index contributed by atoms with van der Waals surface area (Å²) < 4.78 is 0. The van der Waals surface area contributed by atoms with Crippen LogP contribution in [0, 0.1) is 0 Å². The second kappa shape index (κ2) is 7.23. The van der Waals surface area contributed by atoms with Gasteiger partial charge in [-0.05, 0) is 6.07 Å². The molecule has 5 heteroatoms. The number of carbonyl (C=O) groups is 1. The van der Waals surface area contributed by atoms with Gasteiger partial charge in [-0.2, -0.15) is 0 Å². The Labute approximate surface area is 119 Å². The van der Waals surface area contributed by atoms with Crippen LogP contribution >= 0.6 is 0 Å². The van der Waals surface area contributed by atoms with Gasteiger partial charge in [0.1, 0.15) is 5.69 Å². The molecule has 2 aromatic rings. The van der Waals surface area contributed by atoms with E-state index in [1.54, 1.807) is 20.2 Å². The van der Waals surface area contributed by atoms with Crippen LogP contribution in [0.1, 0.15) is 24.3 Å². The molecule has 2 N–H and O–H groups in total.